The molecular weight excluding hydrogens is 327 g/mol. The molecule has 0 aliphatic carbocycles. The molecule has 1 aromatic heterocycles. The summed E-state index contributed by atoms with van der Waals surface area (Å²) < 4.78 is 18.4. The van der Waals surface area contributed by atoms with E-state index in [0.29, 0.717) is 11.3 Å². The van der Waals surface area contributed by atoms with Crippen LogP contribution in [0.25, 0.3) is 0 Å². The Hall–Kier alpha value is -2.70. The maximum Gasteiger partial charge on any atom is 0.330 e. The van der Waals surface area contributed by atoms with Crippen LogP contribution in [0.5, 0.6) is 0 Å². The summed E-state index contributed by atoms with van der Waals surface area (Å²) >= 11 is 0. The van der Waals surface area contributed by atoms with Crippen LogP contribution in [-0.4, -0.2) is 22.1 Å². The van der Waals surface area contributed by atoms with Gasteiger partial charge in [0.1, 0.15) is 5.82 Å². The third kappa shape index (κ3) is 4.23. The molecule has 2 aromatic rings. The van der Waals surface area contributed by atoms with Crippen molar-refractivity contribution in [2.75, 3.05) is 0 Å². The van der Waals surface area contributed by atoms with E-state index in [4.69, 9.17) is 4.52 Å². The molecule has 0 radical (unpaired) electrons. The Morgan fingerprint density at radius 1 is 1.28 bits per heavy atom. The van der Waals surface area contributed by atoms with E-state index < -0.39 is 23.7 Å². The Morgan fingerprint density at radius 2 is 1.96 bits per heavy atom. The minimum atomic E-state index is -1.31. The summed E-state index contributed by atoms with van der Waals surface area (Å²) in [6.07, 6.45) is 1.72. The summed E-state index contributed by atoms with van der Waals surface area (Å²) in [4.78, 5) is 23.8. The summed E-state index contributed by atoms with van der Waals surface area (Å²) in [5, 5.41) is 15.7. The standard InChI is InChI=1S/C18H21FN2O4/c1-4-11(5-2)14-9-15(25-21-14)17(22)20-16(18(23)24)12-6-7-13(19)10(3)8-12/h6-9,11,16H,4-5H2,1-3H3,(H,20,22)(H,23,24). The minimum Gasteiger partial charge on any atom is -0.479 e. The number of carboxylic acid groups (broad SMARTS) is 1. The Labute approximate surface area is 145 Å². The summed E-state index contributed by atoms with van der Waals surface area (Å²) in [5.74, 6) is -2.24. The first-order valence-electron chi connectivity index (χ1n) is 8.13. The molecule has 1 aromatic carbocycles. The van der Waals surface area contributed by atoms with Gasteiger partial charge in [-0.3, -0.25) is 4.79 Å². The SMILES string of the molecule is CCC(CC)c1cc(C(=O)NC(C(=O)O)c2ccc(F)c(C)c2)on1. The number of aliphatic carboxylic acids is 1. The Kier molecular flexibility index (Phi) is 5.90. The smallest absolute Gasteiger partial charge is 0.330 e. The molecule has 1 unspecified atom stereocenters. The lowest BCUT2D eigenvalue weighted by molar-refractivity contribution is -0.139. The van der Waals surface area contributed by atoms with E-state index in [1.54, 1.807) is 0 Å². The predicted octanol–water partition coefficient (Wildman–Crippen LogP) is 3.58. The van der Waals surface area contributed by atoms with Crippen LogP contribution in [0.1, 0.15) is 66.0 Å². The highest BCUT2D eigenvalue weighted by molar-refractivity contribution is 5.94. The first-order valence-corrected chi connectivity index (χ1v) is 8.13. The van der Waals surface area contributed by atoms with E-state index >= 15 is 0 Å². The second-order valence-corrected chi connectivity index (χ2v) is 5.88. The summed E-state index contributed by atoms with van der Waals surface area (Å²) in [6, 6.07) is 4.12. The fourth-order valence-corrected chi connectivity index (χ4v) is 2.63. The van der Waals surface area contributed by atoms with Crippen molar-refractivity contribution < 1.29 is 23.6 Å². The van der Waals surface area contributed by atoms with Crippen LogP contribution in [-0.2, 0) is 4.79 Å². The van der Waals surface area contributed by atoms with E-state index in [1.165, 1.54) is 31.2 Å². The zero-order valence-corrected chi connectivity index (χ0v) is 14.4. The second kappa shape index (κ2) is 7.92. The van der Waals surface area contributed by atoms with Crippen LogP contribution in [0.2, 0.25) is 0 Å². The first-order chi connectivity index (χ1) is 11.9. The molecule has 2 N–H and O–H groups in total. The molecule has 25 heavy (non-hydrogen) atoms. The maximum absolute atomic E-state index is 13.4. The predicted molar refractivity (Wildman–Crippen MR) is 88.8 cm³/mol. The Morgan fingerprint density at radius 3 is 2.52 bits per heavy atom. The number of carbonyl (C=O) groups excluding carboxylic acids is 1. The lowest BCUT2D eigenvalue weighted by atomic mass is 9.99. The lowest BCUT2D eigenvalue weighted by Crippen LogP contribution is -2.33. The van der Waals surface area contributed by atoms with Gasteiger partial charge in [-0.25, -0.2) is 9.18 Å². The van der Waals surface area contributed by atoms with Gasteiger partial charge in [-0.05, 0) is 37.0 Å². The van der Waals surface area contributed by atoms with Gasteiger partial charge in [0.25, 0.3) is 5.91 Å². The van der Waals surface area contributed by atoms with Crippen molar-refractivity contribution in [2.45, 2.75) is 45.6 Å². The molecule has 0 fully saturated rings. The molecule has 2 rings (SSSR count). The van der Waals surface area contributed by atoms with Gasteiger partial charge in [0.15, 0.2) is 6.04 Å². The van der Waals surface area contributed by atoms with Crippen LogP contribution in [0.3, 0.4) is 0 Å². The molecule has 7 heteroatoms. The van der Waals surface area contributed by atoms with Gasteiger partial charge in [-0.1, -0.05) is 31.1 Å². The summed E-state index contributed by atoms with van der Waals surface area (Å²) in [5.41, 5.74) is 1.24. The number of carbonyl (C=O) groups is 2. The van der Waals surface area contributed by atoms with Crippen LogP contribution < -0.4 is 5.32 Å². The highest BCUT2D eigenvalue weighted by atomic mass is 19.1. The topological polar surface area (TPSA) is 92.4 Å². The summed E-state index contributed by atoms with van der Waals surface area (Å²) in [6.45, 7) is 5.55. The number of carboxylic acids is 1. The average Bonchev–Trinajstić information content (AvgIpc) is 3.06. The number of halogens is 1. The van der Waals surface area contributed by atoms with E-state index in [2.05, 4.69) is 10.5 Å². The molecule has 1 heterocycles. The van der Waals surface area contributed by atoms with Crippen molar-refractivity contribution in [1.29, 1.82) is 0 Å². The molecule has 0 aliphatic rings. The summed E-state index contributed by atoms with van der Waals surface area (Å²) in [7, 11) is 0. The zero-order chi connectivity index (χ0) is 18.6. The Balaban J connectivity index is 2.21. The molecule has 6 nitrogen and oxygen atoms in total. The molecule has 0 bridgehead atoms. The highest BCUT2D eigenvalue weighted by Gasteiger charge is 2.26. The monoisotopic (exact) mass is 348 g/mol. The van der Waals surface area contributed by atoms with Gasteiger partial charge in [-0.15, -0.1) is 0 Å². The minimum absolute atomic E-state index is 0.0491. The van der Waals surface area contributed by atoms with E-state index in [-0.39, 0.29) is 17.2 Å². The van der Waals surface area contributed by atoms with Crippen molar-refractivity contribution in [3.05, 3.63) is 52.7 Å². The molecule has 0 saturated heterocycles. The third-order valence-corrected chi connectivity index (χ3v) is 4.19. The van der Waals surface area contributed by atoms with Gasteiger partial charge >= 0.3 is 5.97 Å². The van der Waals surface area contributed by atoms with Gasteiger partial charge in [-0.2, -0.15) is 0 Å². The number of aryl methyl sites for hydroxylation is 1. The molecule has 1 atom stereocenters. The van der Waals surface area contributed by atoms with Gasteiger partial charge in [0, 0.05) is 12.0 Å². The number of nitrogens with zero attached hydrogens (tertiary/aromatic N) is 1. The first kappa shape index (κ1) is 18.6. The average molecular weight is 348 g/mol. The van der Waals surface area contributed by atoms with Crippen molar-refractivity contribution >= 4 is 11.9 Å². The second-order valence-electron chi connectivity index (χ2n) is 5.88. The fraction of sp³-hybridized carbons (Fsp3) is 0.389. The molecule has 0 saturated carbocycles. The van der Waals surface area contributed by atoms with Crippen molar-refractivity contribution in [3.8, 4) is 0 Å². The number of rotatable bonds is 7. The number of aromatic nitrogens is 1. The fourth-order valence-electron chi connectivity index (χ4n) is 2.63. The molecule has 1 amide bonds. The van der Waals surface area contributed by atoms with E-state index in [1.807, 2.05) is 13.8 Å². The van der Waals surface area contributed by atoms with Crippen LogP contribution >= 0.6 is 0 Å². The van der Waals surface area contributed by atoms with Crippen LogP contribution in [0, 0.1) is 12.7 Å². The number of nitrogens with one attached hydrogen (secondary N) is 1. The number of hydrogen-bond acceptors (Lipinski definition) is 4. The zero-order valence-electron chi connectivity index (χ0n) is 14.4. The van der Waals surface area contributed by atoms with E-state index in [9.17, 15) is 19.1 Å². The van der Waals surface area contributed by atoms with Crippen LogP contribution in [0.4, 0.5) is 4.39 Å². The lowest BCUT2D eigenvalue weighted by Gasteiger charge is -2.14. The number of amides is 1. The number of benzene rings is 1. The number of hydrogen-bond donors (Lipinski definition) is 2. The van der Waals surface area contributed by atoms with Crippen molar-refractivity contribution in [2.24, 2.45) is 0 Å². The third-order valence-electron chi connectivity index (χ3n) is 4.19. The van der Waals surface area contributed by atoms with Crippen molar-refractivity contribution in [3.63, 3.8) is 0 Å². The normalized spacial score (nSPS) is 12.2. The highest BCUT2D eigenvalue weighted by Crippen LogP contribution is 2.23. The van der Waals surface area contributed by atoms with Gasteiger partial charge in [0.05, 0.1) is 5.69 Å². The van der Waals surface area contributed by atoms with Crippen molar-refractivity contribution in [1.82, 2.24) is 10.5 Å². The quantitative estimate of drug-likeness (QED) is 0.798. The largest absolute Gasteiger partial charge is 0.479 e. The maximum atomic E-state index is 13.4. The molecule has 134 valence electrons. The van der Waals surface area contributed by atoms with Gasteiger partial charge < -0.3 is 14.9 Å². The molecular formula is C18H21FN2O4. The van der Waals surface area contributed by atoms with Crippen LogP contribution in [0.15, 0.2) is 28.8 Å². The van der Waals surface area contributed by atoms with Gasteiger partial charge in [0.2, 0.25) is 5.76 Å². The Bertz CT molecular complexity index is 768. The van der Waals surface area contributed by atoms with E-state index in [0.717, 1.165) is 12.8 Å². The molecule has 0 aliphatic heterocycles. The molecule has 0 spiro atoms.